The molecule has 0 spiro atoms. The molecule has 0 aromatic carbocycles. The molecule has 0 radical (unpaired) electrons. The van der Waals surface area contributed by atoms with Crippen molar-refractivity contribution in [3.63, 3.8) is 0 Å². The van der Waals surface area contributed by atoms with Crippen LogP contribution in [0.25, 0.3) is 0 Å². The summed E-state index contributed by atoms with van der Waals surface area (Å²) in [5.41, 5.74) is 0.714. The van der Waals surface area contributed by atoms with Gasteiger partial charge in [-0.3, -0.25) is 4.90 Å². The van der Waals surface area contributed by atoms with Crippen LogP contribution >= 0.6 is 0 Å². The second-order valence-electron chi connectivity index (χ2n) is 6.91. The molecule has 1 saturated carbocycles. The Labute approximate surface area is 126 Å². The van der Waals surface area contributed by atoms with E-state index in [0.29, 0.717) is 11.6 Å². The molecule has 3 aliphatic heterocycles. The molecule has 1 aromatic heterocycles. The second-order valence-corrected chi connectivity index (χ2v) is 6.91. The highest BCUT2D eigenvalue weighted by Gasteiger charge is 2.37. The Morgan fingerprint density at radius 1 is 1.19 bits per heavy atom. The summed E-state index contributed by atoms with van der Waals surface area (Å²) < 4.78 is 0. The van der Waals surface area contributed by atoms with Gasteiger partial charge in [0.2, 0.25) is 0 Å². The van der Waals surface area contributed by atoms with Crippen molar-refractivity contribution in [1.29, 1.82) is 5.26 Å². The molecule has 2 bridgehead atoms. The van der Waals surface area contributed by atoms with Crippen LogP contribution in [-0.2, 0) is 0 Å². The standard InChI is InChI=1S/C17H22N4/c18-8-14-5-6-19-17(7-14)21-11-15-3-4-16(12-21)20(10-15)9-13-1-2-13/h5-7,13,15-16H,1-4,9-12H2/t15-,16-/m0/s1. The number of fused-ring (bicyclic) bond motifs is 4. The average Bonchev–Trinajstić information content (AvgIpc) is 3.35. The second kappa shape index (κ2) is 5.31. The molecule has 3 saturated heterocycles. The summed E-state index contributed by atoms with van der Waals surface area (Å²) in [5.74, 6) is 2.71. The number of nitriles is 1. The van der Waals surface area contributed by atoms with Crippen molar-refractivity contribution in [3.8, 4) is 6.07 Å². The lowest BCUT2D eigenvalue weighted by molar-refractivity contribution is 0.128. The molecule has 0 unspecified atom stereocenters. The number of anilines is 1. The van der Waals surface area contributed by atoms with Gasteiger partial charge in [0.15, 0.2) is 0 Å². The molecule has 5 rings (SSSR count). The van der Waals surface area contributed by atoms with Crippen molar-refractivity contribution >= 4 is 5.82 Å². The first-order valence-corrected chi connectivity index (χ1v) is 8.17. The van der Waals surface area contributed by atoms with Gasteiger partial charge in [0.05, 0.1) is 11.6 Å². The third-order valence-electron chi connectivity index (χ3n) is 5.22. The van der Waals surface area contributed by atoms with Crippen molar-refractivity contribution < 1.29 is 0 Å². The van der Waals surface area contributed by atoms with E-state index in [2.05, 4.69) is 20.9 Å². The number of piperidine rings is 1. The van der Waals surface area contributed by atoms with Gasteiger partial charge >= 0.3 is 0 Å². The maximum absolute atomic E-state index is 9.08. The quantitative estimate of drug-likeness (QED) is 0.853. The van der Waals surface area contributed by atoms with Crippen LogP contribution in [0.4, 0.5) is 5.82 Å². The molecule has 2 atom stereocenters. The Morgan fingerprint density at radius 3 is 2.90 bits per heavy atom. The van der Waals surface area contributed by atoms with Crippen molar-refractivity contribution in [1.82, 2.24) is 9.88 Å². The Balaban J connectivity index is 1.53. The molecule has 0 amide bonds. The molecular formula is C17H22N4. The lowest BCUT2D eigenvalue weighted by Crippen LogP contribution is -2.44. The number of hydrogen-bond acceptors (Lipinski definition) is 4. The zero-order valence-corrected chi connectivity index (χ0v) is 12.4. The molecule has 1 aliphatic carbocycles. The van der Waals surface area contributed by atoms with E-state index in [4.69, 9.17) is 5.26 Å². The monoisotopic (exact) mass is 282 g/mol. The molecule has 4 heterocycles. The predicted molar refractivity (Wildman–Crippen MR) is 82.0 cm³/mol. The van der Waals surface area contributed by atoms with Crippen LogP contribution in [0.3, 0.4) is 0 Å². The van der Waals surface area contributed by atoms with E-state index < -0.39 is 0 Å². The summed E-state index contributed by atoms with van der Waals surface area (Å²) in [6.45, 7) is 4.74. The van der Waals surface area contributed by atoms with Gasteiger partial charge in [-0.05, 0) is 49.7 Å². The van der Waals surface area contributed by atoms with E-state index in [1.807, 2.05) is 6.07 Å². The summed E-state index contributed by atoms with van der Waals surface area (Å²) in [4.78, 5) is 9.65. The van der Waals surface area contributed by atoms with E-state index in [0.717, 1.165) is 30.7 Å². The Kier molecular flexibility index (Phi) is 3.31. The minimum Gasteiger partial charge on any atom is -0.355 e. The number of pyridine rings is 1. The van der Waals surface area contributed by atoms with Crippen LogP contribution in [0.1, 0.15) is 31.2 Å². The molecule has 4 fully saturated rings. The minimum atomic E-state index is 0.678. The first-order chi connectivity index (χ1) is 10.3. The van der Waals surface area contributed by atoms with Crippen LogP contribution in [0.15, 0.2) is 18.3 Å². The van der Waals surface area contributed by atoms with Crippen LogP contribution in [0.2, 0.25) is 0 Å². The molecule has 110 valence electrons. The summed E-state index contributed by atoms with van der Waals surface area (Å²) in [6, 6.07) is 6.63. The zero-order valence-electron chi connectivity index (χ0n) is 12.4. The van der Waals surface area contributed by atoms with E-state index in [9.17, 15) is 0 Å². The minimum absolute atomic E-state index is 0.678. The number of aromatic nitrogens is 1. The molecule has 4 heteroatoms. The summed E-state index contributed by atoms with van der Waals surface area (Å²) in [5, 5.41) is 9.08. The highest BCUT2D eigenvalue weighted by molar-refractivity contribution is 5.45. The highest BCUT2D eigenvalue weighted by atomic mass is 15.3. The van der Waals surface area contributed by atoms with Gasteiger partial charge in [-0.15, -0.1) is 0 Å². The zero-order chi connectivity index (χ0) is 14.2. The van der Waals surface area contributed by atoms with Gasteiger partial charge in [-0.2, -0.15) is 5.26 Å². The Bertz CT molecular complexity index is 560. The summed E-state index contributed by atoms with van der Waals surface area (Å²) in [6.07, 6.45) is 7.31. The van der Waals surface area contributed by atoms with Crippen molar-refractivity contribution in [2.24, 2.45) is 11.8 Å². The Hall–Kier alpha value is -1.60. The number of hydrogen-bond donors (Lipinski definition) is 0. The third kappa shape index (κ3) is 2.75. The van der Waals surface area contributed by atoms with E-state index >= 15 is 0 Å². The lowest BCUT2D eigenvalue weighted by atomic mass is 9.95. The fraction of sp³-hybridized carbons (Fsp3) is 0.647. The van der Waals surface area contributed by atoms with Crippen molar-refractivity contribution in [3.05, 3.63) is 23.9 Å². The van der Waals surface area contributed by atoms with E-state index in [-0.39, 0.29) is 0 Å². The summed E-state index contributed by atoms with van der Waals surface area (Å²) >= 11 is 0. The van der Waals surface area contributed by atoms with Crippen LogP contribution < -0.4 is 4.90 Å². The maximum Gasteiger partial charge on any atom is 0.129 e. The van der Waals surface area contributed by atoms with Crippen LogP contribution in [0, 0.1) is 23.2 Å². The van der Waals surface area contributed by atoms with Gasteiger partial charge in [0.1, 0.15) is 5.82 Å². The molecule has 0 N–H and O–H groups in total. The average molecular weight is 282 g/mol. The van der Waals surface area contributed by atoms with Gasteiger partial charge in [0.25, 0.3) is 0 Å². The van der Waals surface area contributed by atoms with Crippen molar-refractivity contribution in [2.75, 3.05) is 31.1 Å². The van der Waals surface area contributed by atoms with Gasteiger partial charge < -0.3 is 4.90 Å². The van der Waals surface area contributed by atoms with Crippen molar-refractivity contribution in [2.45, 2.75) is 31.7 Å². The molecule has 4 aliphatic rings. The maximum atomic E-state index is 9.08. The molecule has 1 aromatic rings. The van der Waals surface area contributed by atoms with E-state index in [1.165, 1.54) is 38.8 Å². The fourth-order valence-electron chi connectivity index (χ4n) is 3.88. The molecular weight excluding hydrogens is 260 g/mol. The van der Waals surface area contributed by atoms with E-state index in [1.54, 1.807) is 12.3 Å². The highest BCUT2D eigenvalue weighted by Crippen LogP contribution is 2.35. The van der Waals surface area contributed by atoms with Crippen LogP contribution in [-0.4, -0.2) is 42.1 Å². The topological polar surface area (TPSA) is 43.2 Å². The molecule has 4 nitrogen and oxygen atoms in total. The summed E-state index contributed by atoms with van der Waals surface area (Å²) in [7, 11) is 0. The van der Waals surface area contributed by atoms with Crippen LogP contribution in [0.5, 0.6) is 0 Å². The number of nitrogens with zero attached hydrogens (tertiary/aromatic N) is 4. The first-order valence-electron chi connectivity index (χ1n) is 8.17. The normalized spacial score (nSPS) is 29.2. The smallest absolute Gasteiger partial charge is 0.129 e. The lowest BCUT2D eigenvalue weighted by Gasteiger charge is -2.36. The molecule has 21 heavy (non-hydrogen) atoms. The largest absolute Gasteiger partial charge is 0.355 e. The Morgan fingerprint density at radius 2 is 2.10 bits per heavy atom. The van der Waals surface area contributed by atoms with Gasteiger partial charge in [-0.1, -0.05) is 0 Å². The first kappa shape index (κ1) is 13.1. The predicted octanol–water partition coefficient (Wildman–Crippen LogP) is 2.26. The SMILES string of the molecule is N#Cc1ccnc(N2C[C@H]3CC[C@@H](C2)N(CC2CC2)C3)c1. The number of rotatable bonds is 3. The third-order valence-corrected chi connectivity index (χ3v) is 5.22. The van der Waals surface area contributed by atoms with Gasteiger partial charge in [0, 0.05) is 38.4 Å². The fourth-order valence-corrected chi connectivity index (χ4v) is 3.88. The van der Waals surface area contributed by atoms with Gasteiger partial charge in [-0.25, -0.2) is 4.98 Å².